The third-order valence-electron chi connectivity index (χ3n) is 2.27. The van der Waals surface area contributed by atoms with Crippen molar-refractivity contribution >= 4 is 15.9 Å². The molecule has 8 heteroatoms. The number of halogens is 3. The third-order valence-corrected chi connectivity index (χ3v) is 3.28. The highest BCUT2D eigenvalue weighted by Gasteiger charge is 2.52. The van der Waals surface area contributed by atoms with Crippen molar-refractivity contribution in [3.05, 3.63) is 0 Å². The van der Waals surface area contributed by atoms with Gasteiger partial charge in [0.15, 0.2) is 5.78 Å². The number of ketones is 1. The Morgan fingerprint density at radius 3 is 1.58 bits per heavy atom. The van der Waals surface area contributed by atoms with Crippen molar-refractivity contribution in [3.8, 4) is 0 Å². The minimum atomic E-state index is -5.81. The number of hydrogen-bond donors (Lipinski definition) is 0. The Labute approximate surface area is 111 Å². The maximum absolute atomic E-state index is 12.3. The van der Waals surface area contributed by atoms with Crippen molar-refractivity contribution in [3.63, 3.8) is 0 Å². The molecule has 0 spiro atoms. The Kier molecular flexibility index (Phi) is 4.88. The lowest BCUT2D eigenvalue weighted by Gasteiger charge is -2.33. The first kappa shape index (κ1) is 18.4. The van der Waals surface area contributed by atoms with E-state index in [9.17, 15) is 26.4 Å². The third kappa shape index (κ3) is 4.76. The molecule has 0 amide bonds. The van der Waals surface area contributed by atoms with E-state index >= 15 is 0 Å². The standard InChI is InChI=1S/C11H19F3O4S/c1-9(2,3)7(15)8(10(4,5)6)18-19(16,17)11(12,13)14/h8H,1-6H3. The fraction of sp³-hybridized carbons (Fsp3) is 0.909. The molecule has 0 rings (SSSR count). The van der Waals surface area contributed by atoms with E-state index < -0.39 is 38.3 Å². The molecule has 0 aromatic carbocycles. The van der Waals surface area contributed by atoms with Gasteiger partial charge < -0.3 is 0 Å². The predicted molar refractivity (Wildman–Crippen MR) is 63.8 cm³/mol. The number of Topliss-reactive ketones (excluding diaryl/α,β-unsaturated/α-hetero) is 1. The van der Waals surface area contributed by atoms with Crippen LogP contribution in [-0.2, 0) is 19.1 Å². The molecule has 1 unspecified atom stereocenters. The molecule has 19 heavy (non-hydrogen) atoms. The van der Waals surface area contributed by atoms with Gasteiger partial charge in [0, 0.05) is 5.41 Å². The van der Waals surface area contributed by atoms with Crippen LogP contribution in [0.25, 0.3) is 0 Å². The van der Waals surface area contributed by atoms with Gasteiger partial charge in [-0.15, -0.1) is 0 Å². The van der Waals surface area contributed by atoms with Gasteiger partial charge >= 0.3 is 15.6 Å². The molecule has 0 N–H and O–H groups in total. The Balaban J connectivity index is 5.55. The van der Waals surface area contributed by atoms with Crippen molar-refractivity contribution < 1.29 is 30.6 Å². The average Bonchev–Trinajstić information content (AvgIpc) is 2.07. The van der Waals surface area contributed by atoms with Gasteiger partial charge in [0.05, 0.1) is 0 Å². The smallest absolute Gasteiger partial charge is 0.296 e. The van der Waals surface area contributed by atoms with Gasteiger partial charge in [-0.05, 0) is 5.41 Å². The van der Waals surface area contributed by atoms with Gasteiger partial charge in [-0.3, -0.25) is 8.98 Å². The number of carbonyl (C=O) groups excluding carboxylic acids is 1. The molecule has 0 aliphatic rings. The number of carbonyl (C=O) groups is 1. The molecule has 4 nitrogen and oxygen atoms in total. The Morgan fingerprint density at radius 2 is 1.37 bits per heavy atom. The largest absolute Gasteiger partial charge is 0.523 e. The molecule has 0 saturated heterocycles. The minimum absolute atomic E-state index is 0.701. The summed E-state index contributed by atoms with van der Waals surface area (Å²) in [5, 5.41) is 0. The van der Waals surface area contributed by atoms with E-state index in [-0.39, 0.29) is 0 Å². The zero-order chi connectivity index (χ0) is 15.9. The van der Waals surface area contributed by atoms with Crippen LogP contribution in [0.15, 0.2) is 0 Å². The summed E-state index contributed by atoms with van der Waals surface area (Å²) in [7, 11) is -5.81. The van der Waals surface area contributed by atoms with E-state index in [2.05, 4.69) is 4.18 Å². The molecule has 1 atom stereocenters. The van der Waals surface area contributed by atoms with Crippen molar-refractivity contribution in [2.24, 2.45) is 10.8 Å². The number of rotatable bonds is 3. The van der Waals surface area contributed by atoms with Gasteiger partial charge in [0.25, 0.3) is 0 Å². The Hall–Kier alpha value is -0.630. The van der Waals surface area contributed by atoms with Crippen LogP contribution in [0.3, 0.4) is 0 Å². The normalized spacial score (nSPS) is 16.3. The monoisotopic (exact) mass is 304 g/mol. The van der Waals surface area contributed by atoms with Gasteiger partial charge in [-0.2, -0.15) is 21.6 Å². The first-order chi connectivity index (χ1) is 8.00. The SMILES string of the molecule is CC(C)(C)C(=O)C(OS(=O)(=O)C(F)(F)F)C(C)(C)C. The summed E-state index contributed by atoms with van der Waals surface area (Å²) in [6.07, 6.45) is -1.70. The molecule has 0 radical (unpaired) electrons. The van der Waals surface area contributed by atoms with E-state index in [0.717, 1.165) is 0 Å². The summed E-state index contributed by atoms with van der Waals surface area (Å²) >= 11 is 0. The van der Waals surface area contributed by atoms with Gasteiger partial charge in [-0.1, -0.05) is 41.5 Å². The van der Waals surface area contributed by atoms with Crippen LogP contribution in [0.4, 0.5) is 13.2 Å². The van der Waals surface area contributed by atoms with Crippen molar-refractivity contribution in [1.29, 1.82) is 0 Å². The fourth-order valence-electron chi connectivity index (χ4n) is 1.16. The van der Waals surface area contributed by atoms with Crippen LogP contribution in [0, 0.1) is 10.8 Å². The van der Waals surface area contributed by atoms with E-state index in [0.29, 0.717) is 0 Å². The lowest BCUT2D eigenvalue weighted by Crippen LogP contribution is -2.46. The van der Waals surface area contributed by atoms with Crippen LogP contribution in [-0.4, -0.2) is 25.8 Å². The van der Waals surface area contributed by atoms with Crippen molar-refractivity contribution in [2.75, 3.05) is 0 Å². The second-order valence-electron chi connectivity index (χ2n) is 6.36. The van der Waals surface area contributed by atoms with Crippen LogP contribution in [0.1, 0.15) is 41.5 Å². The number of alkyl halides is 3. The molecule has 0 aromatic rings. The highest BCUT2D eigenvalue weighted by molar-refractivity contribution is 7.87. The molecular weight excluding hydrogens is 285 g/mol. The predicted octanol–water partition coefficient (Wildman–Crippen LogP) is 2.88. The summed E-state index contributed by atoms with van der Waals surface area (Å²) in [6.45, 7) is 8.76. The van der Waals surface area contributed by atoms with Gasteiger partial charge in [-0.25, -0.2) is 0 Å². The lowest BCUT2D eigenvalue weighted by atomic mass is 9.77. The van der Waals surface area contributed by atoms with Crippen LogP contribution >= 0.6 is 0 Å². The summed E-state index contributed by atoms with van der Waals surface area (Å²) in [5.41, 5.74) is -7.64. The molecule has 0 bridgehead atoms. The van der Waals surface area contributed by atoms with Crippen LogP contribution in [0.5, 0.6) is 0 Å². The molecule has 0 aromatic heterocycles. The minimum Gasteiger partial charge on any atom is -0.296 e. The summed E-state index contributed by atoms with van der Waals surface area (Å²) in [4.78, 5) is 12.1. The molecule has 0 aliphatic carbocycles. The quantitative estimate of drug-likeness (QED) is 0.594. The maximum atomic E-state index is 12.3. The van der Waals surface area contributed by atoms with Gasteiger partial charge in [0.2, 0.25) is 0 Å². The first-order valence-electron chi connectivity index (χ1n) is 5.54. The van der Waals surface area contributed by atoms with E-state index in [1.807, 2.05) is 0 Å². The molecule has 0 saturated carbocycles. The topological polar surface area (TPSA) is 60.4 Å². The highest BCUT2D eigenvalue weighted by atomic mass is 32.2. The zero-order valence-corrected chi connectivity index (χ0v) is 12.6. The second kappa shape index (κ2) is 5.05. The van der Waals surface area contributed by atoms with Crippen molar-refractivity contribution in [2.45, 2.75) is 53.2 Å². The number of hydrogen-bond acceptors (Lipinski definition) is 4. The summed E-state index contributed by atoms with van der Waals surface area (Å²) in [6, 6.07) is 0. The second-order valence-corrected chi connectivity index (χ2v) is 7.92. The van der Waals surface area contributed by atoms with Crippen molar-refractivity contribution in [1.82, 2.24) is 0 Å². The maximum Gasteiger partial charge on any atom is 0.523 e. The summed E-state index contributed by atoms with van der Waals surface area (Å²) < 4.78 is 63.2. The Morgan fingerprint density at radius 1 is 1.00 bits per heavy atom. The lowest BCUT2D eigenvalue weighted by molar-refractivity contribution is -0.139. The fourth-order valence-corrected chi connectivity index (χ4v) is 1.89. The van der Waals surface area contributed by atoms with E-state index in [1.54, 1.807) is 0 Å². The van der Waals surface area contributed by atoms with E-state index in [1.165, 1.54) is 41.5 Å². The van der Waals surface area contributed by atoms with E-state index in [4.69, 9.17) is 0 Å². The highest BCUT2D eigenvalue weighted by Crippen LogP contribution is 2.34. The van der Waals surface area contributed by atoms with Crippen LogP contribution < -0.4 is 0 Å². The Bertz CT molecular complexity index is 438. The van der Waals surface area contributed by atoms with Crippen LogP contribution in [0.2, 0.25) is 0 Å². The molecule has 0 heterocycles. The first-order valence-corrected chi connectivity index (χ1v) is 6.95. The zero-order valence-electron chi connectivity index (χ0n) is 11.8. The van der Waals surface area contributed by atoms with Gasteiger partial charge in [0.1, 0.15) is 6.10 Å². The molecule has 114 valence electrons. The molecular formula is C11H19F3O4S. The average molecular weight is 304 g/mol. The summed E-state index contributed by atoms with van der Waals surface area (Å²) in [5.74, 6) is -0.701. The molecule has 0 aliphatic heterocycles. The molecule has 0 fully saturated rings.